The maximum absolute atomic E-state index is 12.4. The summed E-state index contributed by atoms with van der Waals surface area (Å²) in [6.07, 6.45) is 0.0178. The molecule has 0 saturated carbocycles. The van der Waals surface area contributed by atoms with Gasteiger partial charge in [-0.05, 0) is 23.6 Å². The van der Waals surface area contributed by atoms with Gasteiger partial charge in [0, 0.05) is 12.5 Å². The third-order valence-corrected chi connectivity index (χ3v) is 5.65. The highest BCUT2D eigenvalue weighted by atomic mass is 35.5. The lowest BCUT2D eigenvalue weighted by Crippen LogP contribution is -2.16. The first-order valence-corrected chi connectivity index (χ1v) is 8.39. The van der Waals surface area contributed by atoms with Gasteiger partial charge in [-0.15, -0.1) is 0 Å². The summed E-state index contributed by atoms with van der Waals surface area (Å²) in [5.74, 6) is 0.215. The number of benzene rings is 1. The number of ketones is 1. The van der Waals surface area contributed by atoms with Gasteiger partial charge in [-0.2, -0.15) is 0 Å². The molecule has 3 aliphatic rings. The van der Waals surface area contributed by atoms with Crippen molar-refractivity contribution in [3.63, 3.8) is 0 Å². The topological polar surface area (TPSA) is 75.0 Å². The number of carbonyl (C=O) groups is 1. The molecule has 2 aromatic rings. The van der Waals surface area contributed by atoms with Crippen LogP contribution in [0.25, 0.3) is 11.0 Å². The van der Waals surface area contributed by atoms with E-state index in [9.17, 15) is 9.59 Å². The highest BCUT2D eigenvalue weighted by Crippen LogP contribution is 2.55. The molecule has 0 bridgehead atoms. The van der Waals surface area contributed by atoms with Crippen molar-refractivity contribution < 1.29 is 23.4 Å². The van der Waals surface area contributed by atoms with Gasteiger partial charge in [-0.1, -0.05) is 11.6 Å². The summed E-state index contributed by atoms with van der Waals surface area (Å²) < 4.78 is 22.2. The molecular weight excluding hydrogens is 371 g/mol. The monoisotopic (exact) mass is 380 g/mol. The van der Waals surface area contributed by atoms with E-state index in [1.165, 1.54) is 7.11 Å². The normalized spacial score (nSPS) is 23.4. The van der Waals surface area contributed by atoms with Crippen LogP contribution in [0, 0.1) is 0 Å². The van der Waals surface area contributed by atoms with Crippen LogP contribution in [0.4, 0.5) is 0 Å². The molecule has 8 heteroatoms. The van der Waals surface area contributed by atoms with Crippen molar-refractivity contribution in [3.8, 4) is 11.5 Å². The van der Waals surface area contributed by atoms with Crippen molar-refractivity contribution in [2.75, 3.05) is 7.11 Å². The minimum atomic E-state index is -0.717. The minimum absolute atomic E-state index is 0.0602. The highest BCUT2D eigenvalue weighted by Gasteiger charge is 2.48. The molecule has 5 rings (SSSR count). The number of carbonyl (C=O) groups excluding carboxylic acids is 1. The van der Waals surface area contributed by atoms with Gasteiger partial charge < -0.3 is 18.6 Å². The summed E-state index contributed by atoms with van der Waals surface area (Å²) >= 11 is 12.3. The maximum atomic E-state index is 12.4. The largest absolute Gasteiger partial charge is 0.496 e. The fraction of sp³-hybridized carbons (Fsp3) is 0.294. The summed E-state index contributed by atoms with van der Waals surface area (Å²) in [7, 11) is 1.51. The van der Waals surface area contributed by atoms with E-state index in [-0.39, 0.29) is 28.0 Å². The van der Waals surface area contributed by atoms with Crippen molar-refractivity contribution in [3.05, 3.63) is 43.4 Å². The lowest BCUT2D eigenvalue weighted by molar-refractivity contribution is -0.00999. The van der Waals surface area contributed by atoms with Crippen LogP contribution >= 0.6 is 23.2 Å². The van der Waals surface area contributed by atoms with Crippen LogP contribution in [0.2, 0.25) is 0 Å². The van der Waals surface area contributed by atoms with Gasteiger partial charge in [0.1, 0.15) is 28.6 Å². The average Bonchev–Trinajstić information content (AvgIpc) is 3.21. The number of hydrogen-bond acceptors (Lipinski definition) is 6. The smallest absolute Gasteiger partial charge is 0.347 e. The number of methoxy groups -OCH3 is 1. The van der Waals surface area contributed by atoms with Crippen LogP contribution in [0.3, 0.4) is 0 Å². The summed E-state index contributed by atoms with van der Waals surface area (Å²) in [6, 6.07) is 1.69. The Labute approximate surface area is 150 Å². The van der Waals surface area contributed by atoms with Gasteiger partial charge in [-0.3, -0.25) is 4.79 Å². The van der Waals surface area contributed by atoms with Crippen LogP contribution in [-0.2, 0) is 11.2 Å². The van der Waals surface area contributed by atoms with Gasteiger partial charge in [0.2, 0.25) is 5.22 Å². The molecule has 1 unspecified atom stereocenters. The van der Waals surface area contributed by atoms with Crippen molar-refractivity contribution in [1.82, 2.24) is 0 Å². The zero-order valence-electron chi connectivity index (χ0n) is 12.9. The number of Topliss-reactive ketones (excluding diaryl/α,β-unsaturated/α-hetero) is 1. The number of fused-ring (bicyclic) bond motifs is 7. The van der Waals surface area contributed by atoms with E-state index < -0.39 is 17.8 Å². The summed E-state index contributed by atoms with van der Waals surface area (Å²) in [5, 5.41) is 0.944. The average molecular weight is 381 g/mol. The molecule has 128 valence electrons. The second-order valence-corrected chi connectivity index (χ2v) is 6.81. The Morgan fingerprint density at radius 1 is 1.20 bits per heavy atom. The Hall–Kier alpha value is -2.18. The van der Waals surface area contributed by atoms with Gasteiger partial charge in [0.05, 0.1) is 23.1 Å². The van der Waals surface area contributed by atoms with E-state index in [2.05, 4.69) is 0 Å². The number of halogens is 2. The molecule has 6 nitrogen and oxygen atoms in total. The summed E-state index contributed by atoms with van der Waals surface area (Å²) in [5.41, 5.74) is 0.969. The van der Waals surface area contributed by atoms with Crippen molar-refractivity contribution >= 4 is 40.0 Å². The Balaban J connectivity index is 1.92. The predicted octanol–water partition coefficient (Wildman–Crippen LogP) is 3.41. The molecule has 1 aliphatic carbocycles. The SMILES string of the molecule is COc1cc2c(c3oc(=O)c4c(c13)CCC4=O)C1C(Cl)=C(Cl)O[C@@H]1O2. The first-order chi connectivity index (χ1) is 12.0. The molecule has 0 radical (unpaired) electrons. The molecule has 0 fully saturated rings. The van der Waals surface area contributed by atoms with E-state index in [0.29, 0.717) is 40.0 Å². The third kappa shape index (κ3) is 1.81. The molecule has 1 aromatic heterocycles. The lowest BCUT2D eigenvalue weighted by Gasteiger charge is -2.13. The fourth-order valence-corrected chi connectivity index (χ4v) is 4.27. The van der Waals surface area contributed by atoms with Crippen LogP contribution in [-0.4, -0.2) is 19.2 Å². The maximum Gasteiger partial charge on any atom is 0.347 e. The van der Waals surface area contributed by atoms with Crippen LogP contribution in [0.1, 0.15) is 33.8 Å². The Morgan fingerprint density at radius 2 is 2.00 bits per heavy atom. The molecule has 2 aliphatic heterocycles. The summed E-state index contributed by atoms with van der Waals surface area (Å²) in [6.45, 7) is 0. The Morgan fingerprint density at radius 3 is 2.76 bits per heavy atom. The van der Waals surface area contributed by atoms with Crippen LogP contribution in [0.5, 0.6) is 11.5 Å². The standard InChI is InChI=1S/C17H10Cl2O6/c1-22-7-4-8-11(12-13(18)15(19)25-17(12)23-8)14-10(7)5-2-3-6(20)9(5)16(21)24-14/h4,12,17H,2-3H2,1H3/t12?,17-/m0/s1. The third-order valence-electron chi connectivity index (χ3n) is 4.86. The minimum Gasteiger partial charge on any atom is -0.496 e. The number of aryl methyl sites for hydroxylation is 1. The molecule has 2 atom stereocenters. The second-order valence-electron chi connectivity index (χ2n) is 6.06. The van der Waals surface area contributed by atoms with Crippen molar-refractivity contribution in [2.45, 2.75) is 25.0 Å². The highest BCUT2D eigenvalue weighted by molar-refractivity contribution is 6.39. The molecule has 3 heterocycles. The molecule has 0 N–H and O–H groups in total. The second kappa shape index (κ2) is 4.93. The van der Waals surface area contributed by atoms with E-state index in [1.807, 2.05) is 0 Å². The molecular formula is C17H10Cl2O6. The number of hydrogen-bond donors (Lipinski definition) is 0. The lowest BCUT2D eigenvalue weighted by atomic mass is 9.95. The Kier molecular flexibility index (Phi) is 2.98. The van der Waals surface area contributed by atoms with Gasteiger partial charge in [-0.25, -0.2) is 4.79 Å². The number of ether oxygens (including phenoxy) is 3. The molecule has 0 amide bonds. The van der Waals surface area contributed by atoms with E-state index in [4.69, 9.17) is 41.8 Å². The molecule has 25 heavy (non-hydrogen) atoms. The summed E-state index contributed by atoms with van der Waals surface area (Å²) in [4.78, 5) is 24.5. The van der Waals surface area contributed by atoms with Crippen LogP contribution in [0.15, 0.2) is 25.5 Å². The van der Waals surface area contributed by atoms with E-state index >= 15 is 0 Å². The number of rotatable bonds is 1. The predicted molar refractivity (Wildman–Crippen MR) is 88.7 cm³/mol. The first kappa shape index (κ1) is 15.1. The van der Waals surface area contributed by atoms with Crippen molar-refractivity contribution in [2.24, 2.45) is 0 Å². The fourth-order valence-electron chi connectivity index (χ4n) is 3.81. The van der Waals surface area contributed by atoms with E-state index in [0.717, 1.165) is 0 Å². The van der Waals surface area contributed by atoms with Gasteiger partial charge in [0.15, 0.2) is 5.78 Å². The first-order valence-electron chi connectivity index (χ1n) is 7.63. The zero-order valence-corrected chi connectivity index (χ0v) is 14.4. The Bertz CT molecular complexity index is 1070. The molecule has 0 spiro atoms. The molecule has 1 aromatic carbocycles. The van der Waals surface area contributed by atoms with Crippen LogP contribution < -0.4 is 15.1 Å². The van der Waals surface area contributed by atoms with E-state index in [1.54, 1.807) is 6.07 Å². The quantitative estimate of drug-likeness (QED) is 0.705. The van der Waals surface area contributed by atoms with Gasteiger partial charge in [0.25, 0.3) is 6.29 Å². The molecule has 0 saturated heterocycles. The van der Waals surface area contributed by atoms with Gasteiger partial charge >= 0.3 is 5.63 Å². The zero-order chi connectivity index (χ0) is 17.5. The van der Waals surface area contributed by atoms with Crippen molar-refractivity contribution in [1.29, 1.82) is 0 Å².